The molecule has 0 aromatic heterocycles. The predicted octanol–water partition coefficient (Wildman–Crippen LogP) is 1.38. The van der Waals surface area contributed by atoms with Gasteiger partial charge in [-0.1, -0.05) is 6.92 Å². The molecule has 0 saturated carbocycles. The normalized spacial score (nSPS) is 17.6. The van der Waals surface area contributed by atoms with Gasteiger partial charge >= 0.3 is 0 Å². The van der Waals surface area contributed by atoms with Crippen molar-refractivity contribution in [2.75, 3.05) is 19.7 Å². The quantitative estimate of drug-likeness (QED) is 0.802. The SMILES string of the molecule is CCC(=O)c1ccc(OCC(=O)N2CCC[C@@H](C(N)=O)C2)cc1. The first-order valence-corrected chi connectivity index (χ1v) is 7.84. The Morgan fingerprint density at radius 3 is 2.57 bits per heavy atom. The first-order chi connectivity index (χ1) is 11.0. The van der Waals surface area contributed by atoms with E-state index >= 15 is 0 Å². The lowest BCUT2D eigenvalue weighted by Gasteiger charge is -2.31. The number of hydrogen-bond acceptors (Lipinski definition) is 4. The molecule has 2 amide bonds. The molecule has 0 aliphatic carbocycles. The molecular formula is C17H22N2O4. The number of carbonyl (C=O) groups is 3. The molecule has 1 aliphatic heterocycles. The van der Waals surface area contributed by atoms with Gasteiger partial charge in [0.25, 0.3) is 5.91 Å². The number of benzene rings is 1. The molecule has 23 heavy (non-hydrogen) atoms. The van der Waals surface area contributed by atoms with Crippen LogP contribution in [-0.4, -0.2) is 42.2 Å². The van der Waals surface area contributed by atoms with Gasteiger partial charge in [0.15, 0.2) is 12.4 Å². The fourth-order valence-corrected chi connectivity index (χ4v) is 2.61. The van der Waals surface area contributed by atoms with Crippen LogP contribution < -0.4 is 10.5 Å². The van der Waals surface area contributed by atoms with Crippen molar-refractivity contribution < 1.29 is 19.1 Å². The summed E-state index contributed by atoms with van der Waals surface area (Å²) in [7, 11) is 0. The number of likely N-dealkylation sites (tertiary alicyclic amines) is 1. The van der Waals surface area contributed by atoms with Crippen LogP contribution in [0.3, 0.4) is 0 Å². The molecule has 0 bridgehead atoms. The molecule has 1 saturated heterocycles. The molecule has 1 aromatic carbocycles. The summed E-state index contributed by atoms with van der Waals surface area (Å²) in [5, 5.41) is 0. The number of ether oxygens (including phenoxy) is 1. The van der Waals surface area contributed by atoms with Crippen LogP contribution in [0.2, 0.25) is 0 Å². The third kappa shape index (κ3) is 4.55. The lowest BCUT2D eigenvalue weighted by Crippen LogP contribution is -2.45. The second-order valence-corrected chi connectivity index (χ2v) is 5.67. The van der Waals surface area contributed by atoms with Crippen molar-refractivity contribution in [2.24, 2.45) is 11.7 Å². The van der Waals surface area contributed by atoms with Gasteiger partial charge in [-0.3, -0.25) is 14.4 Å². The van der Waals surface area contributed by atoms with Gasteiger partial charge in [-0.25, -0.2) is 0 Å². The van der Waals surface area contributed by atoms with Gasteiger partial charge in [-0.05, 0) is 37.1 Å². The minimum atomic E-state index is -0.361. The number of Topliss-reactive ketones (excluding diaryl/α,β-unsaturated/α-hetero) is 1. The monoisotopic (exact) mass is 318 g/mol. The van der Waals surface area contributed by atoms with Crippen LogP contribution >= 0.6 is 0 Å². The minimum Gasteiger partial charge on any atom is -0.484 e. The van der Waals surface area contributed by atoms with Gasteiger partial charge in [0, 0.05) is 25.1 Å². The molecule has 1 fully saturated rings. The molecule has 0 spiro atoms. The summed E-state index contributed by atoms with van der Waals surface area (Å²) in [6.45, 7) is 2.70. The van der Waals surface area contributed by atoms with Crippen LogP contribution in [0.5, 0.6) is 5.75 Å². The summed E-state index contributed by atoms with van der Waals surface area (Å²) in [6.07, 6.45) is 1.95. The highest BCUT2D eigenvalue weighted by Crippen LogP contribution is 2.17. The molecule has 1 atom stereocenters. The minimum absolute atomic E-state index is 0.0680. The Morgan fingerprint density at radius 2 is 1.96 bits per heavy atom. The van der Waals surface area contributed by atoms with Crippen LogP contribution in [0.4, 0.5) is 0 Å². The maximum Gasteiger partial charge on any atom is 0.260 e. The zero-order chi connectivity index (χ0) is 16.8. The predicted molar refractivity (Wildman–Crippen MR) is 85.1 cm³/mol. The van der Waals surface area contributed by atoms with Crippen molar-refractivity contribution in [1.29, 1.82) is 0 Å². The average molecular weight is 318 g/mol. The summed E-state index contributed by atoms with van der Waals surface area (Å²) < 4.78 is 5.47. The Kier molecular flexibility index (Phi) is 5.73. The summed E-state index contributed by atoms with van der Waals surface area (Å²) in [6, 6.07) is 6.74. The van der Waals surface area contributed by atoms with E-state index in [1.54, 1.807) is 29.2 Å². The number of carbonyl (C=O) groups excluding carboxylic acids is 3. The van der Waals surface area contributed by atoms with Gasteiger partial charge in [-0.2, -0.15) is 0 Å². The summed E-state index contributed by atoms with van der Waals surface area (Å²) in [4.78, 5) is 36.6. The average Bonchev–Trinajstić information content (AvgIpc) is 2.59. The first kappa shape index (κ1) is 17.0. The van der Waals surface area contributed by atoms with Gasteiger partial charge in [0.1, 0.15) is 5.75 Å². The first-order valence-electron chi connectivity index (χ1n) is 7.84. The van der Waals surface area contributed by atoms with E-state index in [1.165, 1.54) is 0 Å². The molecule has 2 N–H and O–H groups in total. The molecule has 0 unspecified atom stereocenters. The maximum absolute atomic E-state index is 12.2. The molecule has 1 aliphatic rings. The van der Waals surface area contributed by atoms with E-state index in [9.17, 15) is 14.4 Å². The Balaban J connectivity index is 1.86. The smallest absolute Gasteiger partial charge is 0.260 e. The third-order valence-electron chi connectivity index (χ3n) is 4.04. The van der Waals surface area contributed by atoms with E-state index in [1.807, 2.05) is 6.92 Å². The van der Waals surface area contributed by atoms with Crippen LogP contribution in [0.1, 0.15) is 36.5 Å². The number of primary amides is 1. The third-order valence-corrected chi connectivity index (χ3v) is 4.04. The highest BCUT2D eigenvalue weighted by molar-refractivity contribution is 5.95. The molecule has 6 heteroatoms. The second kappa shape index (κ2) is 7.76. The molecule has 2 rings (SSSR count). The van der Waals surface area contributed by atoms with Gasteiger partial charge in [0.05, 0.1) is 5.92 Å². The molecule has 1 aromatic rings. The molecular weight excluding hydrogens is 296 g/mol. The highest BCUT2D eigenvalue weighted by atomic mass is 16.5. The van der Waals surface area contributed by atoms with Crippen molar-refractivity contribution in [3.05, 3.63) is 29.8 Å². The number of nitrogens with zero attached hydrogens (tertiary/aromatic N) is 1. The van der Waals surface area contributed by atoms with Crippen molar-refractivity contribution in [3.63, 3.8) is 0 Å². The largest absolute Gasteiger partial charge is 0.484 e. The number of amides is 2. The highest BCUT2D eigenvalue weighted by Gasteiger charge is 2.27. The zero-order valence-corrected chi connectivity index (χ0v) is 13.3. The summed E-state index contributed by atoms with van der Waals surface area (Å²) in [5.41, 5.74) is 5.94. The van der Waals surface area contributed by atoms with E-state index in [0.29, 0.717) is 30.8 Å². The lowest BCUT2D eigenvalue weighted by molar-refractivity contribution is -0.136. The van der Waals surface area contributed by atoms with E-state index in [2.05, 4.69) is 0 Å². The number of piperidine rings is 1. The van der Waals surface area contributed by atoms with E-state index < -0.39 is 0 Å². The van der Waals surface area contributed by atoms with Crippen molar-refractivity contribution >= 4 is 17.6 Å². The van der Waals surface area contributed by atoms with Gasteiger partial charge < -0.3 is 15.4 Å². The Bertz CT molecular complexity index is 583. The number of nitrogens with two attached hydrogens (primary N) is 1. The van der Waals surface area contributed by atoms with E-state index in [0.717, 1.165) is 12.8 Å². The van der Waals surface area contributed by atoms with Crippen molar-refractivity contribution in [3.8, 4) is 5.75 Å². The van der Waals surface area contributed by atoms with E-state index in [4.69, 9.17) is 10.5 Å². The maximum atomic E-state index is 12.2. The van der Waals surface area contributed by atoms with Crippen LogP contribution in [0.15, 0.2) is 24.3 Å². The molecule has 124 valence electrons. The lowest BCUT2D eigenvalue weighted by atomic mass is 9.97. The van der Waals surface area contributed by atoms with Gasteiger partial charge in [0.2, 0.25) is 5.91 Å². The number of hydrogen-bond donors (Lipinski definition) is 1. The fourth-order valence-electron chi connectivity index (χ4n) is 2.61. The van der Waals surface area contributed by atoms with Crippen molar-refractivity contribution in [1.82, 2.24) is 4.90 Å². The number of rotatable bonds is 6. The Hall–Kier alpha value is -2.37. The van der Waals surface area contributed by atoms with Crippen molar-refractivity contribution in [2.45, 2.75) is 26.2 Å². The Labute approximate surface area is 135 Å². The standard InChI is InChI=1S/C17H22N2O4/c1-2-15(20)12-5-7-14(8-6-12)23-11-16(21)19-9-3-4-13(10-19)17(18)22/h5-8,13H,2-4,9-11H2,1H3,(H2,18,22)/t13-/m1/s1. The van der Waals surface area contributed by atoms with Crippen LogP contribution in [-0.2, 0) is 9.59 Å². The van der Waals surface area contributed by atoms with Crippen LogP contribution in [0, 0.1) is 5.92 Å². The summed E-state index contributed by atoms with van der Waals surface area (Å²) in [5.74, 6) is -0.191. The second-order valence-electron chi connectivity index (χ2n) is 5.67. The topological polar surface area (TPSA) is 89.7 Å². The number of ketones is 1. The van der Waals surface area contributed by atoms with Crippen LogP contribution in [0.25, 0.3) is 0 Å². The molecule has 0 radical (unpaired) electrons. The zero-order valence-electron chi connectivity index (χ0n) is 13.3. The molecule has 1 heterocycles. The molecule has 6 nitrogen and oxygen atoms in total. The summed E-state index contributed by atoms with van der Waals surface area (Å²) >= 11 is 0. The van der Waals surface area contributed by atoms with Gasteiger partial charge in [-0.15, -0.1) is 0 Å². The fraction of sp³-hybridized carbons (Fsp3) is 0.471. The Morgan fingerprint density at radius 1 is 1.26 bits per heavy atom. The van der Waals surface area contributed by atoms with E-state index in [-0.39, 0.29) is 30.1 Å².